The molecule has 0 saturated carbocycles. The number of β-lactam (4-membered cyclic amide) rings is 1. The molecule has 1 atom stereocenters. The van der Waals surface area contributed by atoms with Crippen LogP contribution >= 0.6 is 0 Å². The first kappa shape index (κ1) is 17.2. The maximum Gasteiger partial charge on any atom is 0.258 e. The lowest BCUT2D eigenvalue weighted by atomic mass is 10.00. The SMILES string of the molecule is CCCCCC(=O)N1C/C(=C(/C)COC2CCCCO2)C1=O. The normalized spacial score (nSPS) is 24.2. The Kier molecular flexibility index (Phi) is 6.58. The molecule has 2 rings (SSSR count). The van der Waals surface area contributed by atoms with Crippen molar-refractivity contribution in [3.05, 3.63) is 11.1 Å². The summed E-state index contributed by atoms with van der Waals surface area (Å²) in [4.78, 5) is 25.4. The summed E-state index contributed by atoms with van der Waals surface area (Å²) in [5.41, 5.74) is 1.64. The number of likely N-dealkylation sites (tertiary alicyclic amines) is 1. The highest BCUT2D eigenvalue weighted by Crippen LogP contribution is 2.23. The molecule has 2 fully saturated rings. The van der Waals surface area contributed by atoms with Gasteiger partial charge in [0, 0.05) is 18.6 Å². The number of carbonyl (C=O) groups excluding carboxylic acids is 2. The van der Waals surface area contributed by atoms with Crippen LogP contribution in [0.25, 0.3) is 0 Å². The zero-order chi connectivity index (χ0) is 15.9. The molecular weight excluding hydrogens is 282 g/mol. The summed E-state index contributed by atoms with van der Waals surface area (Å²) in [5.74, 6) is -0.196. The van der Waals surface area contributed by atoms with Crippen molar-refractivity contribution in [2.24, 2.45) is 0 Å². The van der Waals surface area contributed by atoms with Crippen LogP contribution in [-0.4, -0.2) is 42.8 Å². The van der Waals surface area contributed by atoms with E-state index in [-0.39, 0.29) is 18.1 Å². The fraction of sp³-hybridized carbons (Fsp3) is 0.765. The second kappa shape index (κ2) is 8.44. The summed E-state index contributed by atoms with van der Waals surface area (Å²) in [6.45, 7) is 5.59. The highest BCUT2D eigenvalue weighted by molar-refractivity contribution is 6.11. The minimum absolute atomic E-state index is 0.0495. The van der Waals surface area contributed by atoms with E-state index < -0.39 is 0 Å². The van der Waals surface area contributed by atoms with Crippen LogP contribution in [0.3, 0.4) is 0 Å². The molecule has 2 amide bonds. The molecule has 0 spiro atoms. The number of nitrogens with zero attached hydrogens (tertiary/aromatic N) is 1. The van der Waals surface area contributed by atoms with Crippen LogP contribution in [0.4, 0.5) is 0 Å². The topological polar surface area (TPSA) is 55.8 Å². The van der Waals surface area contributed by atoms with Crippen LogP contribution in [0.2, 0.25) is 0 Å². The minimum atomic E-state index is -0.147. The smallest absolute Gasteiger partial charge is 0.258 e. The first-order chi connectivity index (χ1) is 10.6. The van der Waals surface area contributed by atoms with Crippen molar-refractivity contribution >= 4 is 11.8 Å². The number of carbonyl (C=O) groups is 2. The van der Waals surface area contributed by atoms with E-state index in [4.69, 9.17) is 9.47 Å². The van der Waals surface area contributed by atoms with E-state index >= 15 is 0 Å². The van der Waals surface area contributed by atoms with Crippen molar-refractivity contribution < 1.29 is 19.1 Å². The molecule has 0 aromatic heterocycles. The van der Waals surface area contributed by atoms with E-state index in [9.17, 15) is 9.59 Å². The standard InChI is InChI=1S/C17H27NO4/c1-3-4-5-8-15(19)18-11-14(17(18)20)13(2)12-22-16-9-6-7-10-21-16/h16H,3-12H2,1-2H3/b14-13+. The lowest BCUT2D eigenvalue weighted by molar-refractivity contribution is -0.158. The molecule has 1 unspecified atom stereocenters. The first-order valence-electron chi connectivity index (χ1n) is 8.40. The molecule has 2 aliphatic rings. The molecule has 0 aliphatic carbocycles. The average molecular weight is 309 g/mol. The van der Waals surface area contributed by atoms with Crippen LogP contribution in [0.5, 0.6) is 0 Å². The van der Waals surface area contributed by atoms with Gasteiger partial charge in [-0.2, -0.15) is 0 Å². The average Bonchev–Trinajstić information content (AvgIpc) is 2.53. The highest BCUT2D eigenvalue weighted by Gasteiger charge is 2.36. The molecule has 0 bridgehead atoms. The first-order valence-corrected chi connectivity index (χ1v) is 8.40. The van der Waals surface area contributed by atoms with Gasteiger partial charge >= 0.3 is 0 Å². The molecular formula is C17H27NO4. The van der Waals surface area contributed by atoms with Gasteiger partial charge < -0.3 is 9.47 Å². The number of ether oxygens (including phenoxy) is 2. The molecule has 2 aliphatic heterocycles. The Morgan fingerprint density at radius 2 is 2.18 bits per heavy atom. The predicted octanol–water partition coefficient (Wildman–Crippen LogP) is 2.80. The quantitative estimate of drug-likeness (QED) is 0.412. The Bertz CT molecular complexity index is 438. The Balaban J connectivity index is 1.75. The van der Waals surface area contributed by atoms with E-state index in [0.717, 1.165) is 56.3 Å². The Morgan fingerprint density at radius 1 is 1.36 bits per heavy atom. The van der Waals surface area contributed by atoms with Gasteiger partial charge in [-0.15, -0.1) is 0 Å². The fourth-order valence-electron chi connectivity index (χ4n) is 2.70. The van der Waals surface area contributed by atoms with Crippen molar-refractivity contribution in [2.45, 2.75) is 65.1 Å². The summed E-state index contributed by atoms with van der Waals surface area (Å²) in [7, 11) is 0. The number of rotatable bonds is 7. The Hall–Kier alpha value is -1.20. The van der Waals surface area contributed by atoms with Crippen LogP contribution in [0, 0.1) is 0 Å². The lowest BCUT2D eigenvalue weighted by Crippen LogP contribution is -2.50. The zero-order valence-corrected chi connectivity index (χ0v) is 13.7. The summed E-state index contributed by atoms with van der Waals surface area (Å²) < 4.78 is 11.2. The third-order valence-corrected chi connectivity index (χ3v) is 4.25. The van der Waals surface area contributed by atoms with Crippen LogP contribution in [-0.2, 0) is 19.1 Å². The third kappa shape index (κ3) is 4.40. The maximum absolute atomic E-state index is 12.1. The van der Waals surface area contributed by atoms with Gasteiger partial charge in [0.2, 0.25) is 5.91 Å². The van der Waals surface area contributed by atoms with Gasteiger partial charge in [0.05, 0.1) is 13.2 Å². The van der Waals surface area contributed by atoms with E-state index in [1.165, 1.54) is 4.90 Å². The highest BCUT2D eigenvalue weighted by atomic mass is 16.7. The van der Waals surface area contributed by atoms with Gasteiger partial charge in [-0.3, -0.25) is 14.5 Å². The van der Waals surface area contributed by atoms with Crippen molar-refractivity contribution in [2.75, 3.05) is 19.8 Å². The Morgan fingerprint density at radius 3 is 2.82 bits per heavy atom. The van der Waals surface area contributed by atoms with Crippen molar-refractivity contribution in [1.29, 1.82) is 0 Å². The van der Waals surface area contributed by atoms with Crippen molar-refractivity contribution in [3.63, 3.8) is 0 Å². The van der Waals surface area contributed by atoms with E-state index in [0.29, 0.717) is 19.6 Å². The van der Waals surface area contributed by atoms with Gasteiger partial charge in [-0.1, -0.05) is 19.8 Å². The predicted molar refractivity (Wildman–Crippen MR) is 83.1 cm³/mol. The number of hydrogen-bond donors (Lipinski definition) is 0. The maximum atomic E-state index is 12.1. The van der Waals surface area contributed by atoms with E-state index in [1.54, 1.807) is 0 Å². The van der Waals surface area contributed by atoms with Crippen molar-refractivity contribution in [3.8, 4) is 0 Å². The molecule has 2 heterocycles. The monoisotopic (exact) mass is 309 g/mol. The van der Waals surface area contributed by atoms with Gasteiger partial charge in [0.15, 0.2) is 6.29 Å². The molecule has 5 nitrogen and oxygen atoms in total. The molecule has 0 aromatic rings. The van der Waals surface area contributed by atoms with Gasteiger partial charge in [0.25, 0.3) is 5.91 Å². The van der Waals surface area contributed by atoms with Crippen LogP contribution < -0.4 is 0 Å². The molecule has 2 saturated heterocycles. The van der Waals surface area contributed by atoms with Gasteiger partial charge in [0.1, 0.15) is 0 Å². The molecule has 0 N–H and O–H groups in total. The van der Waals surface area contributed by atoms with E-state index in [1.807, 2.05) is 6.92 Å². The Labute approximate surface area is 132 Å². The summed E-state index contributed by atoms with van der Waals surface area (Å²) in [6.07, 6.45) is 6.42. The summed E-state index contributed by atoms with van der Waals surface area (Å²) >= 11 is 0. The van der Waals surface area contributed by atoms with Gasteiger partial charge in [-0.25, -0.2) is 0 Å². The number of unbranched alkanes of at least 4 members (excludes halogenated alkanes) is 2. The third-order valence-electron chi connectivity index (χ3n) is 4.25. The summed E-state index contributed by atoms with van der Waals surface area (Å²) in [6, 6.07) is 0. The zero-order valence-electron chi connectivity index (χ0n) is 13.7. The molecule has 0 aromatic carbocycles. The number of imide groups is 1. The second-order valence-corrected chi connectivity index (χ2v) is 6.11. The van der Waals surface area contributed by atoms with Crippen molar-refractivity contribution in [1.82, 2.24) is 4.90 Å². The largest absolute Gasteiger partial charge is 0.353 e. The summed E-state index contributed by atoms with van der Waals surface area (Å²) in [5, 5.41) is 0. The fourth-order valence-corrected chi connectivity index (χ4v) is 2.70. The lowest BCUT2D eigenvalue weighted by Gasteiger charge is -2.33. The van der Waals surface area contributed by atoms with Gasteiger partial charge in [-0.05, 0) is 38.2 Å². The molecule has 5 heteroatoms. The molecule has 22 heavy (non-hydrogen) atoms. The molecule has 0 radical (unpaired) electrons. The van der Waals surface area contributed by atoms with E-state index in [2.05, 4.69) is 6.92 Å². The molecule has 124 valence electrons. The van der Waals surface area contributed by atoms with Crippen LogP contribution in [0.15, 0.2) is 11.1 Å². The number of hydrogen-bond acceptors (Lipinski definition) is 4. The number of amides is 2. The van der Waals surface area contributed by atoms with Crippen LogP contribution in [0.1, 0.15) is 58.8 Å². The minimum Gasteiger partial charge on any atom is -0.353 e. The second-order valence-electron chi connectivity index (χ2n) is 6.11.